The van der Waals surface area contributed by atoms with Crippen molar-refractivity contribution in [3.63, 3.8) is 0 Å². The van der Waals surface area contributed by atoms with E-state index in [9.17, 15) is 9.18 Å². The van der Waals surface area contributed by atoms with E-state index in [2.05, 4.69) is 10.3 Å². The minimum Gasteiger partial charge on any atom is -0.327 e. The second kappa shape index (κ2) is 6.76. The Balaban J connectivity index is 1.64. The van der Waals surface area contributed by atoms with Gasteiger partial charge in [-0.05, 0) is 49.4 Å². The molecule has 1 aliphatic carbocycles. The molecule has 0 radical (unpaired) electrons. The number of benzene rings is 1. The molecule has 0 aliphatic heterocycles. The lowest BCUT2D eigenvalue weighted by molar-refractivity contribution is -0.117. The quantitative estimate of drug-likeness (QED) is 0.896. The molecule has 1 aliphatic rings. The summed E-state index contributed by atoms with van der Waals surface area (Å²) < 4.78 is 13.3. The largest absolute Gasteiger partial charge is 0.327 e. The van der Waals surface area contributed by atoms with Gasteiger partial charge in [0.15, 0.2) is 5.13 Å². The number of nitrogens with zero attached hydrogens (tertiary/aromatic N) is 1. The Kier molecular flexibility index (Phi) is 4.73. The Hall–Kier alpha value is -1.79. The lowest BCUT2D eigenvalue weighted by Crippen LogP contribution is -2.28. The Bertz CT molecular complexity index is 716. The van der Waals surface area contributed by atoms with Crippen LogP contribution in [0.2, 0.25) is 0 Å². The van der Waals surface area contributed by atoms with E-state index in [0.29, 0.717) is 17.1 Å². The van der Waals surface area contributed by atoms with E-state index < -0.39 is 0 Å². The number of nitrogens with two attached hydrogens (primary N) is 1. The molecule has 2 aromatic rings. The number of hydrogen-bond donors (Lipinski definition) is 2. The zero-order chi connectivity index (χ0) is 16.4. The van der Waals surface area contributed by atoms with E-state index in [1.165, 1.54) is 17.4 Å². The van der Waals surface area contributed by atoms with Gasteiger partial charge in [-0.25, -0.2) is 9.37 Å². The van der Waals surface area contributed by atoms with Crippen molar-refractivity contribution in [2.45, 2.75) is 38.6 Å². The van der Waals surface area contributed by atoms with Crippen LogP contribution in [0.4, 0.5) is 9.52 Å². The number of anilines is 1. The molecule has 1 amide bonds. The average molecular weight is 333 g/mol. The standard InChI is InChI=1S/C17H20FN3OS/c1-10-7-12(5-6-13(10)18)15-9-23-17(20-15)21-16(22)8-11-3-2-4-14(11)19/h5-7,9,11,14H,2-4,8,19H2,1H3,(H,20,21,22)/t11-,14+/m0/s1. The fourth-order valence-electron chi connectivity index (χ4n) is 3.00. The Morgan fingerprint density at radius 1 is 1.48 bits per heavy atom. The Morgan fingerprint density at radius 2 is 2.30 bits per heavy atom. The van der Waals surface area contributed by atoms with Crippen LogP contribution in [-0.4, -0.2) is 16.9 Å². The highest BCUT2D eigenvalue weighted by atomic mass is 32.1. The number of carbonyl (C=O) groups is 1. The number of carbonyl (C=O) groups excluding carboxylic acids is 1. The van der Waals surface area contributed by atoms with Gasteiger partial charge in [-0.1, -0.05) is 6.42 Å². The summed E-state index contributed by atoms with van der Waals surface area (Å²) in [5.74, 6) is 0.00289. The lowest BCUT2D eigenvalue weighted by atomic mass is 10.00. The van der Waals surface area contributed by atoms with E-state index >= 15 is 0 Å². The molecule has 0 bridgehead atoms. The van der Waals surface area contributed by atoms with E-state index in [1.54, 1.807) is 19.1 Å². The number of aryl methyl sites for hydroxylation is 1. The third kappa shape index (κ3) is 3.76. The van der Waals surface area contributed by atoms with Crippen molar-refractivity contribution in [3.8, 4) is 11.3 Å². The van der Waals surface area contributed by atoms with Crippen LogP contribution in [0.1, 0.15) is 31.2 Å². The smallest absolute Gasteiger partial charge is 0.226 e. The summed E-state index contributed by atoms with van der Waals surface area (Å²) in [5, 5.41) is 5.28. The predicted octanol–water partition coefficient (Wildman–Crippen LogP) is 3.71. The first-order valence-corrected chi connectivity index (χ1v) is 8.68. The molecule has 4 nitrogen and oxygen atoms in total. The van der Waals surface area contributed by atoms with Crippen molar-refractivity contribution < 1.29 is 9.18 Å². The number of hydrogen-bond acceptors (Lipinski definition) is 4. The van der Waals surface area contributed by atoms with Crippen LogP contribution in [0, 0.1) is 18.7 Å². The molecule has 122 valence electrons. The minimum absolute atomic E-state index is 0.0384. The van der Waals surface area contributed by atoms with Crippen molar-refractivity contribution in [2.24, 2.45) is 11.7 Å². The van der Waals surface area contributed by atoms with Crippen LogP contribution in [0.5, 0.6) is 0 Å². The number of aromatic nitrogens is 1. The molecule has 3 rings (SSSR count). The first-order valence-electron chi connectivity index (χ1n) is 7.80. The molecule has 1 heterocycles. The fourth-order valence-corrected chi connectivity index (χ4v) is 3.73. The molecular formula is C17H20FN3OS. The zero-order valence-electron chi connectivity index (χ0n) is 13.0. The van der Waals surface area contributed by atoms with Crippen LogP contribution in [-0.2, 0) is 4.79 Å². The summed E-state index contributed by atoms with van der Waals surface area (Å²) in [7, 11) is 0. The highest BCUT2D eigenvalue weighted by molar-refractivity contribution is 7.14. The van der Waals surface area contributed by atoms with Crippen molar-refractivity contribution in [1.29, 1.82) is 0 Å². The molecule has 23 heavy (non-hydrogen) atoms. The van der Waals surface area contributed by atoms with Gasteiger partial charge in [0.25, 0.3) is 0 Å². The first-order chi connectivity index (χ1) is 11.0. The number of rotatable bonds is 4. The highest BCUT2D eigenvalue weighted by Crippen LogP contribution is 2.29. The summed E-state index contributed by atoms with van der Waals surface area (Å²) in [6.45, 7) is 1.72. The predicted molar refractivity (Wildman–Crippen MR) is 90.8 cm³/mol. The van der Waals surface area contributed by atoms with Gasteiger partial charge in [-0.3, -0.25) is 4.79 Å². The fraction of sp³-hybridized carbons (Fsp3) is 0.412. The zero-order valence-corrected chi connectivity index (χ0v) is 13.8. The van der Waals surface area contributed by atoms with Crippen molar-refractivity contribution in [1.82, 2.24) is 4.98 Å². The van der Waals surface area contributed by atoms with Crippen LogP contribution < -0.4 is 11.1 Å². The van der Waals surface area contributed by atoms with Crippen molar-refractivity contribution in [2.75, 3.05) is 5.32 Å². The van der Waals surface area contributed by atoms with Gasteiger partial charge in [-0.15, -0.1) is 11.3 Å². The molecule has 1 fully saturated rings. The van der Waals surface area contributed by atoms with Crippen LogP contribution >= 0.6 is 11.3 Å². The third-order valence-corrected chi connectivity index (χ3v) is 5.13. The van der Waals surface area contributed by atoms with Crippen LogP contribution in [0.15, 0.2) is 23.6 Å². The maximum Gasteiger partial charge on any atom is 0.226 e. The van der Waals surface area contributed by atoms with E-state index in [0.717, 1.165) is 30.5 Å². The van der Waals surface area contributed by atoms with Gasteiger partial charge < -0.3 is 11.1 Å². The SMILES string of the molecule is Cc1cc(-c2csc(NC(=O)C[C@@H]3CCC[C@H]3N)n2)ccc1F. The third-order valence-electron chi connectivity index (χ3n) is 4.37. The normalized spacial score (nSPS) is 20.7. The van der Waals surface area contributed by atoms with Crippen LogP contribution in [0.25, 0.3) is 11.3 Å². The van der Waals surface area contributed by atoms with Gasteiger partial charge in [0, 0.05) is 23.4 Å². The summed E-state index contributed by atoms with van der Waals surface area (Å²) in [4.78, 5) is 16.5. The van der Waals surface area contributed by atoms with Gasteiger partial charge >= 0.3 is 0 Å². The molecule has 0 saturated heterocycles. The summed E-state index contributed by atoms with van der Waals surface area (Å²) >= 11 is 1.37. The molecule has 0 spiro atoms. The lowest BCUT2D eigenvalue weighted by Gasteiger charge is -2.13. The number of nitrogens with one attached hydrogen (secondary N) is 1. The van der Waals surface area contributed by atoms with E-state index in [-0.39, 0.29) is 23.7 Å². The van der Waals surface area contributed by atoms with Gasteiger partial charge in [0.2, 0.25) is 5.91 Å². The van der Waals surface area contributed by atoms with E-state index in [1.807, 2.05) is 5.38 Å². The molecule has 3 N–H and O–H groups in total. The monoisotopic (exact) mass is 333 g/mol. The van der Waals surface area contributed by atoms with Crippen molar-refractivity contribution in [3.05, 3.63) is 35.0 Å². The van der Waals surface area contributed by atoms with Gasteiger partial charge in [0.05, 0.1) is 5.69 Å². The second-order valence-corrected chi connectivity index (χ2v) is 6.97. The maximum atomic E-state index is 13.3. The molecule has 1 saturated carbocycles. The minimum atomic E-state index is -0.231. The summed E-state index contributed by atoms with van der Waals surface area (Å²) in [6, 6.07) is 5.02. The van der Waals surface area contributed by atoms with Gasteiger partial charge in [-0.2, -0.15) is 0 Å². The topological polar surface area (TPSA) is 68.0 Å². The first kappa shape index (κ1) is 16.1. The maximum absolute atomic E-state index is 13.3. The summed E-state index contributed by atoms with van der Waals surface area (Å²) in [6.07, 6.45) is 3.58. The van der Waals surface area contributed by atoms with Crippen LogP contribution in [0.3, 0.4) is 0 Å². The molecular weight excluding hydrogens is 313 g/mol. The average Bonchev–Trinajstić information content (AvgIpc) is 3.12. The number of halogens is 1. The number of thiazole rings is 1. The Morgan fingerprint density at radius 3 is 3.00 bits per heavy atom. The second-order valence-electron chi connectivity index (χ2n) is 6.11. The molecule has 1 aromatic carbocycles. The molecule has 2 atom stereocenters. The molecule has 6 heteroatoms. The molecule has 1 aromatic heterocycles. The van der Waals surface area contributed by atoms with Crippen molar-refractivity contribution >= 4 is 22.4 Å². The summed E-state index contributed by atoms with van der Waals surface area (Å²) in [5.41, 5.74) is 8.17. The van der Waals surface area contributed by atoms with E-state index in [4.69, 9.17) is 5.73 Å². The Labute approximate surface area is 138 Å². The van der Waals surface area contributed by atoms with Gasteiger partial charge in [0.1, 0.15) is 5.82 Å². The molecule has 0 unspecified atom stereocenters. The highest BCUT2D eigenvalue weighted by Gasteiger charge is 2.26. The number of amides is 1.